The van der Waals surface area contributed by atoms with Gasteiger partial charge in [-0.05, 0) is 32.0 Å². The molecule has 6 nitrogen and oxygen atoms in total. The summed E-state index contributed by atoms with van der Waals surface area (Å²) < 4.78 is 0. The van der Waals surface area contributed by atoms with Crippen molar-refractivity contribution in [3.8, 4) is 0 Å². The Hall–Kier alpha value is -2.28. The molecular formula is C13H13N5OS. The quantitative estimate of drug-likeness (QED) is 0.771. The fraction of sp³-hybridized carbons (Fsp3) is 0.231. The number of thiazole rings is 1. The first kappa shape index (κ1) is 12.7. The van der Waals surface area contributed by atoms with Crippen LogP contribution in [-0.2, 0) is 6.54 Å². The molecule has 3 rings (SSSR count). The van der Waals surface area contributed by atoms with Crippen LogP contribution in [0, 0.1) is 13.8 Å². The van der Waals surface area contributed by atoms with Crippen molar-refractivity contribution in [2.24, 2.45) is 0 Å². The molecule has 0 saturated heterocycles. The van der Waals surface area contributed by atoms with Gasteiger partial charge in [0.25, 0.3) is 5.91 Å². The van der Waals surface area contributed by atoms with Crippen LogP contribution >= 0.6 is 11.3 Å². The molecule has 0 radical (unpaired) electrons. The number of hydrogen-bond acceptors (Lipinski definition) is 5. The first-order valence-corrected chi connectivity index (χ1v) is 6.97. The first-order chi connectivity index (χ1) is 9.63. The van der Waals surface area contributed by atoms with E-state index in [4.69, 9.17) is 0 Å². The molecule has 0 saturated carbocycles. The van der Waals surface area contributed by atoms with Gasteiger partial charge in [0.05, 0.1) is 17.2 Å². The van der Waals surface area contributed by atoms with Gasteiger partial charge in [-0.15, -0.1) is 11.3 Å². The van der Waals surface area contributed by atoms with E-state index in [-0.39, 0.29) is 5.91 Å². The van der Waals surface area contributed by atoms with Crippen molar-refractivity contribution in [1.29, 1.82) is 0 Å². The van der Waals surface area contributed by atoms with Gasteiger partial charge in [-0.1, -0.05) is 0 Å². The number of nitrogens with zero attached hydrogens (tertiary/aromatic N) is 3. The zero-order valence-corrected chi connectivity index (χ0v) is 11.9. The Balaban J connectivity index is 1.74. The summed E-state index contributed by atoms with van der Waals surface area (Å²) in [6.45, 7) is 4.40. The topological polar surface area (TPSA) is 83.6 Å². The third kappa shape index (κ3) is 2.39. The van der Waals surface area contributed by atoms with Crippen molar-refractivity contribution in [1.82, 2.24) is 25.7 Å². The zero-order chi connectivity index (χ0) is 14.1. The second-order valence-corrected chi connectivity index (χ2v) is 5.74. The molecule has 20 heavy (non-hydrogen) atoms. The third-order valence-electron chi connectivity index (χ3n) is 2.99. The van der Waals surface area contributed by atoms with Crippen LogP contribution in [0.1, 0.15) is 25.9 Å². The molecule has 102 valence electrons. The lowest BCUT2D eigenvalue weighted by Crippen LogP contribution is -2.22. The number of rotatable bonds is 3. The molecule has 0 fully saturated rings. The maximum atomic E-state index is 12.1. The molecule has 1 amide bonds. The molecule has 1 aromatic carbocycles. The minimum atomic E-state index is -0.125. The number of aryl methyl sites for hydroxylation is 2. The number of nitrogens with one attached hydrogen (secondary N) is 2. The van der Waals surface area contributed by atoms with E-state index in [2.05, 4.69) is 25.7 Å². The predicted molar refractivity (Wildman–Crippen MR) is 76.6 cm³/mol. The monoisotopic (exact) mass is 287 g/mol. The Bertz CT molecular complexity index is 776. The van der Waals surface area contributed by atoms with E-state index in [1.807, 2.05) is 13.8 Å². The second-order valence-electron chi connectivity index (χ2n) is 4.45. The number of benzene rings is 1. The van der Waals surface area contributed by atoms with Crippen LogP contribution in [0.15, 0.2) is 18.2 Å². The molecule has 0 aliphatic carbocycles. The highest BCUT2D eigenvalue weighted by molar-refractivity contribution is 7.11. The average molecular weight is 287 g/mol. The van der Waals surface area contributed by atoms with Crippen LogP contribution in [0.2, 0.25) is 0 Å². The molecule has 0 bridgehead atoms. The van der Waals surface area contributed by atoms with Crippen LogP contribution in [0.3, 0.4) is 0 Å². The summed E-state index contributed by atoms with van der Waals surface area (Å²) in [5.74, 6) is -0.125. The summed E-state index contributed by atoms with van der Waals surface area (Å²) in [5.41, 5.74) is 2.97. The van der Waals surface area contributed by atoms with E-state index in [0.29, 0.717) is 17.6 Å². The summed E-state index contributed by atoms with van der Waals surface area (Å²) >= 11 is 1.60. The summed E-state index contributed by atoms with van der Waals surface area (Å²) in [4.78, 5) is 17.5. The Morgan fingerprint density at radius 2 is 2.10 bits per heavy atom. The summed E-state index contributed by atoms with van der Waals surface area (Å²) in [6, 6.07) is 5.24. The molecule has 0 aliphatic heterocycles. The summed E-state index contributed by atoms with van der Waals surface area (Å²) in [7, 11) is 0. The number of hydrogen-bond donors (Lipinski definition) is 2. The van der Waals surface area contributed by atoms with E-state index in [9.17, 15) is 4.79 Å². The minimum Gasteiger partial charge on any atom is -0.347 e. The van der Waals surface area contributed by atoms with E-state index in [1.54, 1.807) is 29.5 Å². The number of carbonyl (C=O) groups excluding carboxylic acids is 1. The number of aromatic amines is 1. The number of fused-ring (bicyclic) bond motifs is 1. The predicted octanol–water partition coefficient (Wildman–Crippen LogP) is 1.96. The SMILES string of the molecule is Cc1nc(C)c(CNC(=O)c2ccc3n[nH]nc3c2)s1. The highest BCUT2D eigenvalue weighted by atomic mass is 32.1. The zero-order valence-electron chi connectivity index (χ0n) is 11.1. The maximum absolute atomic E-state index is 12.1. The van der Waals surface area contributed by atoms with Gasteiger partial charge in [0.15, 0.2) is 0 Å². The number of amides is 1. The van der Waals surface area contributed by atoms with E-state index in [1.165, 1.54) is 0 Å². The van der Waals surface area contributed by atoms with Crippen LogP contribution in [0.25, 0.3) is 11.0 Å². The van der Waals surface area contributed by atoms with Gasteiger partial charge < -0.3 is 5.32 Å². The molecule has 2 N–H and O–H groups in total. The standard InChI is InChI=1S/C13H13N5OS/c1-7-12(20-8(2)15-7)6-14-13(19)9-3-4-10-11(5-9)17-18-16-10/h3-5H,6H2,1-2H3,(H,14,19)(H,16,17,18). The molecule has 2 heterocycles. The number of H-pyrrole nitrogens is 1. The van der Waals surface area contributed by atoms with Gasteiger partial charge in [-0.3, -0.25) is 4.79 Å². The summed E-state index contributed by atoms with van der Waals surface area (Å²) in [6.07, 6.45) is 0. The van der Waals surface area contributed by atoms with Crippen LogP contribution in [-0.4, -0.2) is 26.3 Å². The molecule has 2 aromatic heterocycles. The highest BCUT2D eigenvalue weighted by Gasteiger charge is 2.10. The van der Waals surface area contributed by atoms with Crippen molar-refractivity contribution >= 4 is 28.3 Å². The Labute approximate surface area is 119 Å². The normalized spacial score (nSPS) is 10.9. The summed E-state index contributed by atoms with van der Waals surface area (Å²) in [5, 5.41) is 14.4. The second kappa shape index (κ2) is 5.01. The molecule has 0 spiro atoms. The molecule has 0 aliphatic rings. The van der Waals surface area contributed by atoms with Gasteiger partial charge in [0.2, 0.25) is 0 Å². The average Bonchev–Trinajstić information content (AvgIpc) is 3.01. The minimum absolute atomic E-state index is 0.125. The smallest absolute Gasteiger partial charge is 0.251 e. The van der Waals surface area contributed by atoms with Gasteiger partial charge >= 0.3 is 0 Å². The van der Waals surface area contributed by atoms with Crippen LogP contribution in [0.4, 0.5) is 0 Å². The molecule has 7 heteroatoms. The lowest BCUT2D eigenvalue weighted by atomic mass is 10.2. The van der Waals surface area contributed by atoms with E-state index >= 15 is 0 Å². The third-order valence-corrected chi connectivity index (χ3v) is 4.06. The van der Waals surface area contributed by atoms with Crippen molar-refractivity contribution in [3.63, 3.8) is 0 Å². The van der Waals surface area contributed by atoms with Crippen LogP contribution in [0.5, 0.6) is 0 Å². The fourth-order valence-corrected chi connectivity index (χ4v) is 2.86. The largest absolute Gasteiger partial charge is 0.347 e. The van der Waals surface area contributed by atoms with Crippen LogP contribution < -0.4 is 5.32 Å². The maximum Gasteiger partial charge on any atom is 0.251 e. The first-order valence-electron chi connectivity index (χ1n) is 6.15. The fourth-order valence-electron chi connectivity index (χ4n) is 1.98. The Morgan fingerprint density at radius 3 is 2.85 bits per heavy atom. The van der Waals surface area contributed by atoms with Gasteiger partial charge in [-0.25, -0.2) is 4.98 Å². The number of aromatic nitrogens is 4. The molecular weight excluding hydrogens is 274 g/mol. The molecule has 0 unspecified atom stereocenters. The van der Waals surface area contributed by atoms with Crippen molar-refractivity contribution in [2.75, 3.05) is 0 Å². The molecule has 3 aromatic rings. The van der Waals surface area contributed by atoms with Crippen molar-refractivity contribution in [3.05, 3.63) is 39.3 Å². The van der Waals surface area contributed by atoms with E-state index < -0.39 is 0 Å². The molecule has 0 atom stereocenters. The highest BCUT2D eigenvalue weighted by Crippen LogP contribution is 2.17. The lowest BCUT2D eigenvalue weighted by molar-refractivity contribution is 0.0951. The Morgan fingerprint density at radius 1 is 1.30 bits per heavy atom. The lowest BCUT2D eigenvalue weighted by Gasteiger charge is -2.04. The van der Waals surface area contributed by atoms with Gasteiger partial charge in [-0.2, -0.15) is 15.4 Å². The number of carbonyl (C=O) groups is 1. The Kier molecular flexibility index (Phi) is 3.19. The van der Waals surface area contributed by atoms with Crippen molar-refractivity contribution < 1.29 is 4.79 Å². The van der Waals surface area contributed by atoms with E-state index in [0.717, 1.165) is 21.1 Å². The van der Waals surface area contributed by atoms with Crippen molar-refractivity contribution in [2.45, 2.75) is 20.4 Å². The van der Waals surface area contributed by atoms with Gasteiger partial charge in [0.1, 0.15) is 11.0 Å². The van der Waals surface area contributed by atoms with Gasteiger partial charge in [0, 0.05) is 10.4 Å².